The molecule has 0 fully saturated rings. The van der Waals surface area contributed by atoms with Crippen molar-refractivity contribution in [3.63, 3.8) is 0 Å². The quantitative estimate of drug-likeness (QED) is 0.494. The molecule has 0 aliphatic carbocycles. The highest BCUT2D eigenvalue weighted by Crippen LogP contribution is 2.33. The largest absolute Gasteiger partial charge is 0.497 e. The first kappa shape index (κ1) is 12.0. The molecule has 104 valence electrons. The molecule has 0 saturated carbocycles. The summed E-state index contributed by atoms with van der Waals surface area (Å²) in [6.07, 6.45) is 0. The minimum atomic E-state index is -0.393. The topological polar surface area (TPSA) is 52.6 Å². The van der Waals surface area contributed by atoms with E-state index in [1.54, 1.807) is 13.2 Å². The monoisotopic (exact) mass is 280 g/mol. The van der Waals surface area contributed by atoms with Gasteiger partial charge in [-0.25, -0.2) is 4.79 Å². The minimum absolute atomic E-state index is 0.393. The fourth-order valence-electron chi connectivity index (χ4n) is 2.66. The fraction of sp³-hybridized carbons (Fsp3) is 0.118. The SMILES string of the molecule is COc1ccc2c(c1)oc(=O)c1c3cc(C)ccc3oc21. The van der Waals surface area contributed by atoms with Crippen LogP contribution >= 0.6 is 0 Å². The first-order valence-corrected chi connectivity index (χ1v) is 6.61. The van der Waals surface area contributed by atoms with E-state index in [1.165, 1.54) is 0 Å². The van der Waals surface area contributed by atoms with Crippen molar-refractivity contribution in [3.8, 4) is 5.75 Å². The molecule has 4 nitrogen and oxygen atoms in total. The highest BCUT2D eigenvalue weighted by Gasteiger charge is 2.16. The summed E-state index contributed by atoms with van der Waals surface area (Å²) >= 11 is 0. The molecule has 0 unspecified atom stereocenters. The van der Waals surface area contributed by atoms with Gasteiger partial charge in [0.1, 0.15) is 22.3 Å². The second-order valence-corrected chi connectivity index (χ2v) is 5.06. The number of benzene rings is 2. The number of hydrogen-bond acceptors (Lipinski definition) is 4. The normalized spacial score (nSPS) is 11.5. The van der Waals surface area contributed by atoms with Crippen molar-refractivity contribution in [2.24, 2.45) is 0 Å². The van der Waals surface area contributed by atoms with Crippen LogP contribution < -0.4 is 10.4 Å². The van der Waals surface area contributed by atoms with E-state index in [4.69, 9.17) is 13.6 Å². The minimum Gasteiger partial charge on any atom is -0.497 e. The van der Waals surface area contributed by atoms with Crippen molar-refractivity contribution >= 4 is 32.9 Å². The van der Waals surface area contributed by atoms with Gasteiger partial charge in [-0.05, 0) is 31.2 Å². The standard InChI is InChI=1S/C17H12O4/c1-9-3-6-13-12(7-9)15-16(20-13)11-5-4-10(19-2)8-14(11)21-17(15)18/h3-8H,1-2H3. The van der Waals surface area contributed by atoms with E-state index in [0.717, 1.165) is 16.3 Å². The molecule has 0 N–H and O–H groups in total. The maximum absolute atomic E-state index is 12.3. The van der Waals surface area contributed by atoms with Crippen molar-refractivity contribution in [1.82, 2.24) is 0 Å². The van der Waals surface area contributed by atoms with Crippen molar-refractivity contribution in [2.75, 3.05) is 7.11 Å². The van der Waals surface area contributed by atoms with E-state index >= 15 is 0 Å². The lowest BCUT2D eigenvalue weighted by Crippen LogP contribution is -1.98. The number of methoxy groups -OCH3 is 1. The summed E-state index contributed by atoms with van der Waals surface area (Å²) in [6, 6.07) is 11.1. The van der Waals surface area contributed by atoms with Gasteiger partial charge in [-0.3, -0.25) is 0 Å². The fourth-order valence-corrected chi connectivity index (χ4v) is 2.66. The molecule has 0 aliphatic heterocycles. The Morgan fingerprint density at radius 1 is 0.952 bits per heavy atom. The maximum Gasteiger partial charge on any atom is 0.348 e. The molecule has 0 bridgehead atoms. The molecule has 2 heterocycles. The van der Waals surface area contributed by atoms with E-state index in [0.29, 0.717) is 27.9 Å². The summed E-state index contributed by atoms with van der Waals surface area (Å²) in [6.45, 7) is 1.98. The molecule has 2 aromatic carbocycles. The number of fused-ring (bicyclic) bond motifs is 5. The van der Waals surface area contributed by atoms with Gasteiger partial charge in [0.15, 0.2) is 5.58 Å². The molecule has 0 spiro atoms. The van der Waals surface area contributed by atoms with Gasteiger partial charge < -0.3 is 13.6 Å². The van der Waals surface area contributed by atoms with Gasteiger partial charge in [-0.15, -0.1) is 0 Å². The van der Waals surface area contributed by atoms with Gasteiger partial charge in [0.05, 0.1) is 12.5 Å². The van der Waals surface area contributed by atoms with Crippen molar-refractivity contribution in [3.05, 3.63) is 52.4 Å². The van der Waals surface area contributed by atoms with Gasteiger partial charge in [0, 0.05) is 11.5 Å². The van der Waals surface area contributed by atoms with E-state index in [9.17, 15) is 4.79 Å². The average Bonchev–Trinajstić information content (AvgIpc) is 2.86. The Kier molecular flexibility index (Phi) is 2.36. The Morgan fingerprint density at radius 3 is 2.62 bits per heavy atom. The second-order valence-electron chi connectivity index (χ2n) is 5.06. The average molecular weight is 280 g/mol. The molecule has 21 heavy (non-hydrogen) atoms. The van der Waals surface area contributed by atoms with Crippen LogP contribution in [-0.2, 0) is 0 Å². The molecular formula is C17H12O4. The van der Waals surface area contributed by atoms with Crippen LogP contribution in [0.3, 0.4) is 0 Å². The maximum atomic E-state index is 12.3. The Labute approximate surface area is 119 Å². The number of rotatable bonds is 1. The van der Waals surface area contributed by atoms with E-state index in [2.05, 4.69) is 0 Å². The number of furan rings is 1. The van der Waals surface area contributed by atoms with Crippen LogP contribution in [0.15, 0.2) is 50.0 Å². The molecule has 0 atom stereocenters. The lowest BCUT2D eigenvalue weighted by molar-refractivity contribution is 0.414. The summed E-state index contributed by atoms with van der Waals surface area (Å²) in [5.74, 6) is 0.636. The molecule has 4 rings (SSSR count). The van der Waals surface area contributed by atoms with Crippen molar-refractivity contribution < 1.29 is 13.6 Å². The van der Waals surface area contributed by atoms with Crippen LogP contribution in [0.1, 0.15) is 5.56 Å². The van der Waals surface area contributed by atoms with Crippen molar-refractivity contribution in [1.29, 1.82) is 0 Å². The van der Waals surface area contributed by atoms with Gasteiger partial charge in [-0.2, -0.15) is 0 Å². The van der Waals surface area contributed by atoms with Crippen LogP contribution in [0.5, 0.6) is 5.75 Å². The first-order valence-electron chi connectivity index (χ1n) is 6.61. The molecule has 0 saturated heterocycles. The Hall–Kier alpha value is -2.75. The molecule has 4 aromatic rings. The van der Waals surface area contributed by atoms with Crippen LogP contribution in [0.25, 0.3) is 32.9 Å². The Morgan fingerprint density at radius 2 is 1.81 bits per heavy atom. The predicted octanol–water partition coefficient (Wildman–Crippen LogP) is 4.01. The molecule has 2 aromatic heterocycles. The lowest BCUT2D eigenvalue weighted by Gasteiger charge is -2.01. The summed E-state index contributed by atoms with van der Waals surface area (Å²) < 4.78 is 16.5. The van der Waals surface area contributed by atoms with Gasteiger partial charge >= 0.3 is 5.63 Å². The number of hydrogen-bond donors (Lipinski definition) is 0. The molecular weight excluding hydrogens is 268 g/mol. The Bertz CT molecular complexity index is 1050. The summed E-state index contributed by atoms with van der Waals surface area (Å²) in [5, 5.41) is 2.04. The summed E-state index contributed by atoms with van der Waals surface area (Å²) in [5.41, 5.74) is 2.38. The van der Waals surface area contributed by atoms with Gasteiger partial charge in [-0.1, -0.05) is 11.6 Å². The molecule has 4 heteroatoms. The summed E-state index contributed by atoms with van der Waals surface area (Å²) in [4.78, 5) is 12.3. The zero-order valence-electron chi connectivity index (χ0n) is 11.6. The third kappa shape index (κ3) is 1.65. The van der Waals surface area contributed by atoms with Gasteiger partial charge in [0.25, 0.3) is 0 Å². The second kappa shape index (κ2) is 4.12. The first-order chi connectivity index (χ1) is 10.2. The number of aryl methyl sites for hydroxylation is 1. The molecule has 0 aliphatic rings. The zero-order valence-corrected chi connectivity index (χ0v) is 11.6. The number of ether oxygens (including phenoxy) is 1. The lowest BCUT2D eigenvalue weighted by atomic mass is 10.1. The third-order valence-corrected chi connectivity index (χ3v) is 3.68. The third-order valence-electron chi connectivity index (χ3n) is 3.68. The van der Waals surface area contributed by atoms with Gasteiger partial charge in [0.2, 0.25) is 0 Å². The highest BCUT2D eigenvalue weighted by molar-refractivity contribution is 6.13. The predicted molar refractivity (Wildman–Crippen MR) is 81.1 cm³/mol. The van der Waals surface area contributed by atoms with Crippen LogP contribution in [0.4, 0.5) is 0 Å². The van der Waals surface area contributed by atoms with E-state index in [-0.39, 0.29) is 0 Å². The summed E-state index contributed by atoms with van der Waals surface area (Å²) in [7, 11) is 1.57. The van der Waals surface area contributed by atoms with Crippen LogP contribution in [-0.4, -0.2) is 7.11 Å². The molecule has 0 amide bonds. The van der Waals surface area contributed by atoms with Crippen LogP contribution in [0.2, 0.25) is 0 Å². The zero-order chi connectivity index (χ0) is 14.6. The van der Waals surface area contributed by atoms with Crippen LogP contribution in [0, 0.1) is 6.92 Å². The van der Waals surface area contributed by atoms with Crippen molar-refractivity contribution in [2.45, 2.75) is 6.92 Å². The smallest absolute Gasteiger partial charge is 0.348 e. The Balaban J connectivity index is 2.25. The molecule has 0 radical (unpaired) electrons. The highest BCUT2D eigenvalue weighted by atomic mass is 16.5. The van der Waals surface area contributed by atoms with E-state index in [1.807, 2.05) is 37.3 Å². The van der Waals surface area contributed by atoms with E-state index < -0.39 is 5.63 Å².